The second-order valence-electron chi connectivity index (χ2n) is 5.94. The number of ether oxygens (including phenoxy) is 1. The molecule has 0 spiro atoms. The van der Waals surface area contributed by atoms with E-state index in [-0.39, 0.29) is 24.0 Å². The van der Waals surface area contributed by atoms with Gasteiger partial charge in [0.25, 0.3) is 0 Å². The van der Waals surface area contributed by atoms with Crippen LogP contribution in [0.3, 0.4) is 0 Å². The van der Waals surface area contributed by atoms with Crippen LogP contribution in [0.15, 0.2) is 10.6 Å². The summed E-state index contributed by atoms with van der Waals surface area (Å²) in [6.07, 6.45) is 1.76. The van der Waals surface area contributed by atoms with Crippen molar-refractivity contribution in [3.05, 3.63) is 17.8 Å². The van der Waals surface area contributed by atoms with Crippen molar-refractivity contribution >= 4 is 5.97 Å². The van der Waals surface area contributed by atoms with Gasteiger partial charge in [0, 0.05) is 11.5 Å². The predicted octanol–water partition coefficient (Wildman–Crippen LogP) is 2.36. The Kier molecular flexibility index (Phi) is 5.11. The number of nitrogens with zero attached hydrogens (tertiary/aromatic N) is 2. The summed E-state index contributed by atoms with van der Waals surface area (Å²) in [7, 11) is 1.39. The van der Waals surface area contributed by atoms with Crippen LogP contribution in [0.25, 0.3) is 0 Å². The highest BCUT2D eigenvalue weighted by atomic mass is 16.5. The van der Waals surface area contributed by atoms with Gasteiger partial charge in [-0.15, -0.1) is 0 Å². The van der Waals surface area contributed by atoms with Crippen LogP contribution in [0.4, 0.5) is 0 Å². The van der Waals surface area contributed by atoms with Crippen molar-refractivity contribution in [2.45, 2.75) is 52.6 Å². The van der Waals surface area contributed by atoms with Crippen LogP contribution in [-0.2, 0) is 21.5 Å². The molecule has 0 saturated heterocycles. The number of oxazole rings is 1. The van der Waals surface area contributed by atoms with Crippen molar-refractivity contribution in [1.29, 1.82) is 0 Å². The van der Waals surface area contributed by atoms with Crippen LogP contribution >= 0.6 is 0 Å². The second kappa shape index (κ2) is 6.19. The Bertz CT molecular complexity index is 419. The van der Waals surface area contributed by atoms with E-state index in [9.17, 15) is 4.79 Å². The van der Waals surface area contributed by atoms with Gasteiger partial charge in [-0.2, -0.15) is 0 Å². The summed E-state index contributed by atoms with van der Waals surface area (Å²) in [5.41, 5.74) is -0.0593. The second-order valence-corrected chi connectivity index (χ2v) is 5.94. The van der Waals surface area contributed by atoms with Crippen molar-refractivity contribution < 1.29 is 13.9 Å². The Morgan fingerprint density at radius 3 is 2.53 bits per heavy atom. The minimum Gasteiger partial charge on any atom is -0.468 e. The number of esters is 1. The van der Waals surface area contributed by atoms with Crippen molar-refractivity contribution in [2.75, 3.05) is 13.7 Å². The first-order chi connectivity index (χ1) is 8.74. The van der Waals surface area contributed by atoms with E-state index < -0.39 is 0 Å². The van der Waals surface area contributed by atoms with Gasteiger partial charge in [-0.1, -0.05) is 20.8 Å². The van der Waals surface area contributed by atoms with E-state index in [1.54, 1.807) is 6.20 Å². The summed E-state index contributed by atoms with van der Waals surface area (Å²) in [5, 5.41) is 0. The molecule has 108 valence electrons. The van der Waals surface area contributed by atoms with E-state index in [2.05, 4.69) is 25.8 Å². The fourth-order valence-corrected chi connectivity index (χ4v) is 1.56. The average molecular weight is 268 g/mol. The standard InChI is InChI=1S/C14H24N2O3/c1-10(2)16(9-13(17)18-6)8-12-15-7-11(19-12)14(3,4)5/h7,10H,8-9H2,1-6H3. The van der Waals surface area contributed by atoms with E-state index in [0.29, 0.717) is 12.4 Å². The number of aromatic nitrogens is 1. The minimum atomic E-state index is -0.253. The Morgan fingerprint density at radius 2 is 2.11 bits per heavy atom. The summed E-state index contributed by atoms with van der Waals surface area (Å²) in [5.74, 6) is 1.23. The molecule has 0 aliphatic heterocycles. The first kappa shape index (κ1) is 15.7. The van der Waals surface area contributed by atoms with Crippen LogP contribution < -0.4 is 0 Å². The number of carbonyl (C=O) groups excluding carboxylic acids is 1. The molecule has 0 aliphatic carbocycles. The fourth-order valence-electron chi connectivity index (χ4n) is 1.56. The van der Waals surface area contributed by atoms with Gasteiger partial charge < -0.3 is 9.15 Å². The Morgan fingerprint density at radius 1 is 1.47 bits per heavy atom. The van der Waals surface area contributed by atoms with Gasteiger partial charge in [0.15, 0.2) is 0 Å². The topological polar surface area (TPSA) is 55.6 Å². The first-order valence-electron chi connectivity index (χ1n) is 6.50. The average Bonchev–Trinajstić information content (AvgIpc) is 2.76. The fraction of sp³-hybridized carbons (Fsp3) is 0.714. The molecule has 1 aromatic heterocycles. The van der Waals surface area contributed by atoms with Crippen LogP contribution in [-0.4, -0.2) is 35.5 Å². The Balaban J connectivity index is 2.74. The monoisotopic (exact) mass is 268 g/mol. The zero-order valence-corrected chi connectivity index (χ0v) is 12.7. The molecular weight excluding hydrogens is 244 g/mol. The van der Waals surface area contributed by atoms with Gasteiger partial charge in [-0.25, -0.2) is 4.98 Å². The number of rotatable bonds is 5. The first-order valence-corrected chi connectivity index (χ1v) is 6.50. The molecule has 1 heterocycles. The maximum atomic E-state index is 11.4. The zero-order chi connectivity index (χ0) is 14.6. The smallest absolute Gasteiger partial charge is 0.319 e. The van der Waals surface area contributed by atoms with E-state index >= 15 is 0 Å². The molecule has 0 bridgehead atoms. The molecule has 0 atom stereocenters. The highest BCUT2D eigenvalue weighted by Gasteiger charge is 2.21. The van der Waals surface area contributed by atoms with Crippen molar-refractivity contribution in [3.8, 4) is 0 Å². The van der Waals surface area contributed by atoms with Crippen LogP contribution in [0.1, 0.15) is 46.3 Å². The van der Waals surface area contributed by atoms with E-state index in [0.717, 1.165) is 5.76 Å². The molecule has 0 amide bonds. The van der Waals surface area contributed by atoms with Crippen LogP contribution in [0.2, 0.25) is 0 Å². The maximum absolute atomic E-state index is 11.4. The molecule has 19 heavy (non-hydrogen) atoms. The van der Waals surface area contributed by atoms with Gasteiger partial charge in [0.1, 0.15) is 5.76 Å². The van der Waals surface area contributed by atoms with Gasteiger partial charge in [-0.3, -0.25) is 9.69 Å². The Hall–Kier alpha value is -1.36. The lowest BCUT2D eigenvalue weighted by Gasteiger charge is -2.23. The van der Waals surface area contributed by atoms with Gasteiger partial charge >= 0.3 is 5.97 Å². The lowest BCUT2D eigenvalue weighted by molar-refractivity contribution is -0.142. The third-order valence-electron chi connectivity index (χ3n) is 2.92. The van der Waals surface area contributed by atoms with Gasteiger partial charge in [0.05, 0.1) is 26.4 Å². The molecule has 0 fully saturated rings. The van der Waals surface area contributed by atoms with Gasteiger partial charge in [-0.05, 0) is 13.8 Å². The lowest BCUT2D eigenvalue weighted by atomic mass is 9.94. The predicted molar refractivity (Wildman–Crippen MR) is 72.8 cm³/mol. The maximum Gasteiger partial charge on any atom is 0.319 e. The summed E-state index contributed by atoms with van der Waals surface area (Å²) in [6.45, 7) is 11.0. The normalized spacial score (nSPS) is 12.2. The number of hydrogen-bond donors (Lipinski definition) is 0. The third kappa shape index (κ3) is 4.67. The van der Waals surface area contributed by atoms with Crippen LogP contribution in [0, 0.1) is 0 Å². The molecule has 0 N–H and O–H groups in total. The summed E-state index contributed by atoms with van der Waals surface area (Å²) >= 11 is 0. The third-order valence-corrected chi connectivity index (χ3v) is 2.92. The number of methoxy groups -OCH3 is 1. The molecule has 1 rings (SSSR count). The molecule has 5 nitrogen and oxygen atoms in total. The quantitative estimate of drug-likeness (QED) is 0.767. The van der Waals surface area contributed by atoms with Crippen molar-refractivity contribution in [3.63, 3.8) is 0 Å². The molecule has 0 unspecified atom stereocenters. The van der Waals surface area contributed by atoms with Crippen molar-refractivity contribution in [1.82, 2.24) is 9.88 Å². The Labute approximate surface area is 114 Å². The molecule has 0 aliphatic rings. The summed E-state index contributed by atoms with van der Waals surface area (Å²) in [6, 6.07) is 0.212. The molecular formula is C14H24N2O3. The summed E-state index contributed by atoms with van der Waals surface area (Å²) < 4.78 is 10.4. The molecule has 1 aromatic rings. The molecule has 0 aromatic carbocycles. The van der Waals surface area contributed by atoms with E-state index in [4.69, 9.17) is 9.15 Å². The number of hydrogen-bond acceptors (Lipinski definition) is 5. The van der Waals surface area contributed by atoms with E-state index in [1.807, 2.05) is 18.7 Å². The zero-order valence-electron chi connectivity index (χ0n) is 12.7. The summed E-state index contributed by atoms with van der Waals surface area (Å²) in [4.78, 5) is 17.6. The molecule has 5 heteroatoms. The minimum absolute atomic E-state index is 0.0593. The SMILES string of the molecule is COC(=O)CN(Cc1ncc(C(C)(C)C)o1)C(C)C. The lowest BCUT2D eigenvalue weighted by Crippen LogP contribution is -2.35. The number of carbonyl (C=O) groups is 1. The van der Waals surface area contributed by atoms with Crippen LogP contribution in [0.5, 0.6) is 0 Å². The largest absolute Gasteiger partial charge is 0.468 e. The van der Waals surface area contributed by atoms with E-state index in [1.165, 1.54) is 7.11 Å². The van der Waals surface area contributed by atoms with Gasteiger partial charge in [0.2, 0.25) is 5.89 Å². The highest BCUT2D eigenvalue weighted by molar-refractivity contribution is 5.71. The van der Waals surface area contributed by atoms with Crippen molar-refractivity contribution in [2.24, 2.45) is 0 Å². The molecule has 0 radical (unpaired) electrons. The highest BCUT2D eigenvalue weighted by Crippen LogP contribution is 2.23. The molecule has 0 saturated carbocycles.